The summed E-state index contributed by atoms with van der Waals surface area (Å²) in [6, 6.07) is 19.3. The molecule has 1 unspecified atom stereocenters. The molecule has 4 heteroatoms. The van der Waals surface area contributed by atoms with Gasteiger partial charge < -0.3 is 10.4 Å². The summed E-state index contributed by atoms with van der Waals surface area (Å²) in [5.74, 6) is -1.66. The molecule has 2 N–H and O–H groups in total. The zero-order valence-corrected chi connectivity index (χ0v) is 14.7. The molecule has 0 aliphatic heterocycles. The van der Waals surface area contributed by atoms with Crippen molar-refractivity contribution in [1.82, 2.24) is 5.32 Å². The van der Waals surface area contributed by atoms with Gasteiger partial charge in [0, 0.05) is 13.0 Å². The second kappa shape index (κ2) is 8.47. The Morgan fingerprint density at radius 3 is 2.12 bits per heavy atom. The molecule has 0 saturated heterocycles. The van der Waals surface area contributed by atoms with E-state index in [2.05, 4.69) is 5.32 Å². The predicted octanol–water partition coefficient (Wildman–Crippen LogP) is 3.41. The van der Waals surface area contributed by atoms with E-state index in [4.69, 9.17) is 0 Å². The normalized spacial score (nSPS) is 12.4. The summed E-state index contributed by atoms with van der Waals surface area (Å²) in [5, 5.41) is 12.2. The van der Waals surface area contributed by atoms with Crippen LogP contribution in [0, 0.1) is 5.92 Å². The number of rotatable bonds is 8. The van der Waals surface area contributed by atoms with Gasteiger partial charge in [-0.15, -0.1) is 0 Å². The smallest absolute Gasteiger partial charge is 0.308 e. The molecule has 2 aromatic carbocycles. The van der Waals surface area contributed by atoms with Gasteiger partial charge in [-0.05, 0) is 23.0 Å². The summed E-state index contributed by atoms with van der Waals surface area (Å²) < 4.78 is 0. The highest BCUT2D eigenvalue weighted by atomic mass is 16.4. The maximum absolute atomic E-state index is 12.3. The standard InChI is InChI=1S/C21H25NO3/c1-21(2,18-11-7-4-8-12-18)14-19(23)22-15-17(20(24)25)13-16-9-5-3-6-10-16/h3-12,17H,13-15H2,1-2H3,(H,22,23)(H,24,25). The third kappa shape index (κ3) is 5.75. The van der Waals surface area contributed by atoms with Gasteiger partial charge in [-0.25, -0.2) is 0 Å². The van der Waals surface area contributed by atoms with E-state index in [0.717, 1.165) is 11.1 Å². The van der Waals surface area contributed by atoms with Gasteiger partial charge in [0.1, 0.15) is 0 Å². The lowest BCUT2D eigenvalue weighted by molar-refractivity contribution is -0.141. The molecule has 0 radical (unpaired) electrons. The van der Waals surface area contributed by atoms with E-state index in [1.54, 1.807) is 0 Å². The Morgan fingerprint density at radius 1 is 1.00 bits per heavy atom. The van der Waals surface area contributed by atoms with Crippen molar-refractivity contribution in [1.29, 1.82) is 0 Å². The van der Waals surface area contributed by atoms with Gasteiger partial charge in [-0.1, -0.05) is 74.5 Å². The van der Waals surface area contributed by atoms with Crippen molar-refractivity contribution < 1.29 is 14.7 Å². The van der Waals surface area contributed by atoms with Crippen LogP contribution in [0.2, 0.25) is 0 Å². The summed E-state index contributed by atoms with van der Waals surface area (Å²) in [5.41, 5.74) is 1.74. The number of carbonyl (C=O) groups excluding carboxylic acids is 1. The van der Waals surface area contributed by atoms with Gasteiger partial charge >= 0.3 is 5.97 Å². The largest absolute Gasteiger partial charge is 0.481 e. The Balaban J connectivity index is 1.91. The van der Waals surface area contributed by atoms with Crippen LogP contribution in [0.15, 0.2) is 60.7 Å². The fourth-order valence-electron chi connectivity index (χ4n) is 2.84. The quantitative estimate of drug-likeness (QED) is 0.774. The van der Waals surface area contributed by atoms with Crippen molar-refractivity contribution in [2.45, 2.75) is 32.1 Å². The molecule has 0 spiro atoms. The lowest BCUT2D eigenvalue weighted by atomic mass is 9.81. The van der Waals surface area contributed by atoms with Crippen molar-refractivity contribution in [2.75, 3.05) is 6.54 Å². The van der Waals surface area contributed by atoms with Crippen LogP contribution < -0.4 is 5.32 Å². The van der Waals surface area contributed by atoms with Crippen molar-refractivity contribution in [3.63, 3.8) is 0 Å². The fourth-order valence-corrected chi connectivity index (χ4v) is 2.84. The maximum atomic E-state index is 12.3. The highest BCUT2D eigenvalue weighted by Gasteiger charge is 2.25. The predicted molar refractivity (Wildman–Crippen MR) is 98.4 cm³/mol. The minimum Gasteiger partial charge on any atom is -0.481 e. The van der Waals surface area contributed by atoms with Gasteiger partial charge in [-0.3, -0.25) is 9.59 Å². The Kier molecular flexibility index (Phi) is 6.34. The molecule has 2 rings (SSSR count). The summed E-state index contributed by atoms with van der Waals surface area (Å²) in [4.78, 5) is 23.8. The zero-order valence-electron chi connectivity index (χ0n) is 14.7. The molecule has 0 heterocycles. The van der Waals surface area contributed by atoms with E-state index in [1.165, 1.54) is 0 Å². The summed E-state index contributed by atoms with van der Waals surface area (Å²) in [7, 11) is 0. The second-order valence-electron chi connectivity index (χ2n) is 6.96. The minimum atomic E-state index is -0.897. The van der Waals surface area contributed by atoms with Gasteiger partial charge in [0.05, 0.1) is 5.92 Å². The van der Waals surface area contributed by atoms with Gasteiger partial charge in [0.15, 0.2) is 0 Å². The second-order valence-corrected chi connectivity index (χ2v) is 6.96. The van der Waals surface area contributed by atoms with Crippen molar-refractivity contribution in [2.24, 2.45) is 5.92 Å². The van der Waals surface area contributed by atoms with Crippen LogP contribution >= 0.6 is 0 Å². The average molecular weight is 339 g/mol. The Hall–Kier alpha value is -2.62. The van der Waals surface area contributed by atoms with E-state index >= 15 is 0 Å². The first-order valence-electron chi connectivity index (χ1n) is 8.47. The van der Waals surface area contributed by atoms with Crippen molar-refractivity contribution in [3.8, 4) is 0 Å². The number of benzene rings is 2. The topological polar surface area (TPSA) is 66.4 Å². The van der Waals surface area contributed by atoms with Crippen LogP contribution in [-0.4, -0.2) is 23.5 Å². The van der Waals surface area contributed by atoms with Crippen LogP contribution in [-0.2, 0) is 21.4 Å². The number of hydrogen-bond donors (Lipinski definition) is 2. The van der Waals surface area contributed by atoms with Crippen molar-refractivity contribution >= 4 is 11.9 Å². The number of hydrogen-bond acceptors (Lipinski definition) is 2. The Morgan fingerprint density at radius 2 is 1.56 bits per heavy atom. The van der Waals surface area contributed by atoms with Crippen LogP contribution in [0.3, 0.4) is 0 Å². The van der Waals surface area contributed by atoms with E-state index < -0.39 is 11.9 Å². The average Bonchev–Trinajstić information content (AvgIpc) is 2.59. The number of amides is 1. The van der Waals surface area contributed by atoms with Crippen LogP contribution in [0.4, 0.5) is 0 Å². The molecule has 0 saturated carbocycles. The molecular formula is C21H25NO3. The van der Waals surface area contributed by atoms with Crippen molar-refractivity contribution in [3.05, 3.63) is 71.8 Å². The first-order valence-corrected chi connectivity index (χ1v) is 8.47. The number of carboxylic acids is 1. The zero-order chi connectivity index (χ0) is 18.3. The number of carboxylic acid groups (broad SMARTS) is 1. The SMILES string of the molecule is CC(C)(CC(=O)NCC(Cc1ccccc1)C(=O)O)c1ccccc1. The number of nitrogens with one attached hydrogen (secondary N) is 1. The van der Waals surface area contributed by atoms with E-state index in [-0.39, 0.29) is 17.9 Å². The molecule has 4 nitrogen and oxygen atoms in total. The Labute approximate surface area is 148 Å². The summed E-state index contributed by atoms with van der Waals surface area (Å²) in [6.45, 7) is 4.16. The first kappa shape index (κ1) is 18.7. The maximum Gasteiger partial charge on any atom is 0.308 e. The molecular weight excluding hydrogens is 314 g/mol. The van der Waals surface area contributed by atoms with Crippen LogP contribution in [0.1, 0.15) is 31.4 Å². The van der Waals surface area contributed by atoms with E-state index in [0.29, 0.717) is 12.8 Å². The first-order chi connectivity index (χ1) is 11.9. The molecule has 0 aromatic heterocycles. The fraction of sp³-hybridized carbons (Fsp3) is 0.333. The third-order valence-electron chi connectivity index (χ3n) is 4.38. The minimum absolute atomic E-state index is 0.131. The molecule has 0 aliphatic carbocycles. The van der Waals surface area contributed by atoms with Gasteiger partial charge in [-0.2, -0.15) is 0 Å². The molecule has 0 fully saturated rings. The molecule has 2 aromatic rings. The van der Waals surface area contributed by atoms with E-state index in [1.807, 2.05) is 74.5 Å². The number of carbonyl (C=O) groups is 2. The summed E-state index contributed by atoms with van der Waals surface area (Å²) in [6.07, 6.45) is 0.715. The molecule has 0 bridgehead atoms. The monoisotopic (exact) mass is 339 g/mol. The number of aliphatic carboxylic acids is 1. The van der Waals surface area contributed by atoms with E-state index in [9.17, 15) is 14.7 Å². The molecule has 0 aliphatic rings. The highest BCUT2D eigenvalue weighted by Crippen LogP contribution is 2.26. The molecule has 1 amide bonds. The molecule has 132 valence electrons. The van der Waals surface area contributed by atoms with Gasteiger partial charge in [0.25, 0.3) is 0 Å². The molecule has 1 atom stereocenters. The van der Waals surface area contributed by atoms with Crippen LogP contribution in [0.5, 0.6) is 0 Å². The molecule has 25 heavy (non-hydrogen) atoms. The van der Waals surface area contributed by atoms with Gasteiger partial charge in [0.2, 0.25) is 5.91 Å². The Bertz CT molecular complexity index is 696. The summed E-state index contributed by atoms with van der Waals surface area (Å²) >= 11 is 0. The highest BCUT2D eigenvalue weighted by molar-refractivity contribution is 5.78. The third-order valence-corrected chi connectivity index (χ3v) is 4.38. The lowest BCUT2D eigenvalue weighted by Crippen LogP contribution is -2.37. The van der Waals surface area contributed by atoms with Crippen LogP contribution in [0.25, 0.3) is 0 Å². The lowest BCUT2D eigenvalue weighted by Gasteiger charge is -2.25.